The van der Waals surface area contributed by atoms with Gasteiger partial charge in [-0.3, -0.25) is 29.8 Å². The SMILES string of the molecule is CCCC(CNC(=O)CNc1ccccc1[N+](=O)[O-])NC(=O)CNc1ccccc1[N+](=O)[O-]. The number of carbonyl (C=O) groups is 2. The van der Waals surface area contributed by atoms with Crippen LogP contribution >= 0.6 is 0 Å². The Balaban J connectivity index is 1.83. The number of benzene rings is 2. The predicted octanol–water partition coefficient (Wildman–Crippen LogP) is 2.43. The van der Waals surface area contributed by atoms with Gasteiger partial charge in [0.25, 0.3) is 11.4 Å². The first-order chi connectivity index (χ1) is 15.8. The fraction of sp³-hybridized carbons (Fsp3) is 0.333. The summed E-state index contributed by atoms with van der Waals surface area (Å²) in [6, 6.07) is 11.7. The van der Waals surface area contributed by atoms with Gasteiger partial charge in [-0.2, -0.15) is 0 Å². The molecule has 0 aliphatic rings. The zero-order valence-corrected chi connectivity index (χ0v) is 18.1. The van der Waals surface area contributed by atoms with Crippen LogP contribution in [-0.2, 0) is 9.59 Å². The van der Waals surface area contributed by atoms with Gasteiger partial charge in [0.2, 0.25) is 11.8 Å². The van der Waals surface area contributed by atoms with E-state index in [1.165, 1.54) is 36.4 Å². The standard InChI is InChI=1S/C21H26N6O6/c1-2-7-15(25-21(29)14-23-17-9-4-6-11-19(17)27(32)33)12-24-20(28)13-22-16-8-3-5-10-18(16)26(30)31/h3-6,8-11,15,22-23H,2,7,12-14H2,1H3,(H,24,28)(H,25,29). The van der Waals surface area contributed by atoms with Crippen LogP contribution < -0.4 is 21.3 Å². The zero-order valence-electron chi connectivity index (χ0n) is 18.1. The van der Waals surface area contributed by atoms with Gasteiger partial charge in [0.05, 0.1) is 22.9 Å². The van der Waals surface area contributed by atoms with Gasteiger partial charge >= 0.3 is 0 Å². The predicted molar refractivity (Wildman–Crippen MR) is 123 cm³/mol. The quantitative estimate of drug-likeness (QED) is 0.262. The summed E-state index contributed by atoms with van der Waals surface area (Å²) < 4.78 is 0. The summed E-state index contributed by atoms with van der Waals surface area (Å²) in [7, 11) is 0. The Kier molecular flexibility index (Phi) is 9.55. The van der Waals surface area contributed by atoms with Crippen LogP contribution in [0.3, 0.4) is 0 Å². The minimum absolute atomic E-state index is 0.131. The molecule has 4 N–H and O–H groups in total. The number of para-hydroxylation sites is 4. The van der Waals surface area contributed by atoms with Crippen molar-refractivity contribution in [3.05, 3.63) is 68.8 Å². The van der Waals surface area contributed by atoms with Crippen LogP contribution in [-0.4, -0.2) is 47.3 Å². The third-order valence-corrected chi connectivity index (χ3v) is 4.63. The van der Waals surface area contributed by atoms with Crippen LogP contribution in [0.5, 0.6) is 0 Å². The number of hydrogen-bond donors (Lipinski definition) is 4. The summed E-state index contributed by atoms with van der Waals surface area (Å²) in [5, 5.41) is 33.1. The van der Waals surface area contributed by atoms with Crippen LogP contribution in [0.1, 0.15) is 19.8 Å². The van der Waals surface area contributed by atoms with E-state index >= 15 is 0 Å². The molecule has 0 heterocycles. The first-order valence-corrected chi connectivity index (χ1v) is 10.3. The zero-order chi connectivity index (χ0) is 24.2. The second-order valence-corrected chi connectivity index (χ2v) is 7.11. The van der Waals surface area contributed by atoms with Gasteiger partial charge in [-0.25, -0.2) is 0 Å². The highest BCUT2D eigenvalue weighted by Crippen LogP contribution is 2.23. The lowest BCUT2D eigenvalue weighted by atomic mass is 10.1. The fourth-order valence-electron chi connectivity index (χ4n) is 3.07. The highest BCUT2D eigenvalue weighted by Gasteiger charge is 2.17. The van der Waals surface area contributed by atoms with Gasteiger partial charge in [-0.1, -0.05) is 37.6 Å². The van der Waals surface area contributed by atoms with Crippen molar-refractivity contribution in [3.8, 4) is 0 Å². The number of carbonyl (C=O) groups excluding carboxylic acids is 2. The number of nitro groups is 2. The molecular weight excluding hydrogens is 432 g/mol. The molecule has 2 rings (SSSR count). The lowest BCUT2D eigenvalue weighted by molar-refractivity contribution is -0.384. The Morgan fingerprint density at radius 3 is 1.82 bits per heavy atom. The average Bonchev–Trinajstić information content (AvgIpc) is 2.80. The largest absolute Gasteiger partial charge is 0.371 e. The van der Waals surface area contributed by atoms with Crippen molar-refractivity contribution in [2.45, 2.75) is 25.8 Å². The van der Waals surface area contributed by atoms with Gasteiger partial charge in [-0.15, -0.1) is 0 Å². The van der Waals surface area contributed by atoms with E-state index in [1.807, 2.05) is 6.92 Å². The highest BCUT2D eigenvalue weighted by molar-refractivity contribution is 5.83. The van der Waals surface area contributed by atoms with Crippen molar-refractivity contribution < 1.29 is 19.4 Å². The second-order valence-electron chi connectivity index (χ2n) is 7.11. The molecule has 2 amide bonds. The molecule has 2 aromatic carbocycles. The Labute approximate surface area is 190 Å². The molecule has 0 aromatic heterocycles. The molecule has 0 radical (unpaired) electrons. The summed E-state index contributed by atoms with van der Waals surface area (Å²) in [6.07, 6.45) is 1.36. The number of nitrogens with one attached hydrogen (secondary N) is 4. The van der Waals surface area contributed by atoms with E-state index in [0.717, 1.165) is 6.42 Å². The van der Waals surface area contributed by atoms with Gasteiger partial charge in [-0.05, 0) is 18.6 Å². The summed E-state index contributed by atoms with van der Waals surface area (Å²) in [6.45, 7) is 1.76. The van der Waals surface area contributed by atoms with Gasteiger partial charge in [0.1, 0.15) is 11.4 Å². The van der Waals surface area contributed by atoms with Crippen LogP contribution in [0, 0.1) is 20.2 Å². The number of nitrogens with zero attached hydrogens (tertiary/aromatic N) is 2. The molecule has 33 heavy (non-hydrogen) atoms. The van der Waals surface area contributed by atoms with Crippen LogP contribution in [0.25, 0.3) is 0 Å². The van der Waals surface area contributed by atoms with Crippen molar-refractivity contribution in [2.24, 2.45) is 0 Å². The smallest absolute Gasteiger partial charge is 0.292 e. The molecule has 0 saturated heterocycles. The summed E-state index contributed by atoms with van der Waals surface area (Å²) >= 11 is 0. The number of rotatable bonds is 13. The summed E-state index contributed by atoms with van der Waals surface area (Å²) in [5.41, 5.74) is 0.206. The molecule has 12 nitrogen and oxygen atoms in total. The van der Waals surface area contributed by atoms with Crippen LogP contribution in [0.4, 0.5) is 22.7 Å². The van der Waals surface area contributed by atoms with E-state index in [0.29, 0.717) is 6.42 Å². The molecule has 1 atom stereocenters. The van der Waals surface area contributed by atoms with E-state index in [4.69, 9.17) is 0 Å². The number of hydrogen-bond acceptors (Lipinski definition) is 8. The maximum absolute atomic E-state index is 12.3. The Bertz CT molecular complexity index is 999. The molecule has 0 aliphatic heterocycles. The highest BCUT2D eigenvalue weighted by atomic mass is 16.6. The van der Waals surface area contributed by atoms with Crippen molar-refractivity contribution in [1.82, 2.24) is 10.6 Å². The lowest BCUT2D eigenvalue weighted by Gasteiger charge is -2.19. The van der Waals surface area contributed by atoms with E-state index < -0.39 is 9.85 Å². The number of nitro benzene ring substituents is 2. The van der Waals surface area contributed by atoms with Gasteiger partial charge < -0.3 is 21.3 Å². The van der Waals surface area contributed by atoms with Gasteiger partial charge in [0, 0.05) is 24.7 Å². The molecule has 12 heteroatoms. The molecule has 0 saturated carbocycles. The maximum atomic E-state index is 12.3. The van der Waals surface area contributed by atoms with Crippen molar-refractivity contribution in [2.75, 3.05) is 30.3 Å². The average molecular weight is 458 g/mol. The van der Waals surface area contributed by atoms with Crippen LogP contribution in [0.15, 0.2) is 48.5 Å². The first-order valence-electron chi connectivity index (χ1n) is 10.3. The Morgan fingerprint density at radius 2 is 1.33 bits per heavy atom. The number of anilines is 2. The van der Waals surface area contributed by atoms with Crippen molar-refractivity contribution >= 4 is 34.6 Å². The van der Waals surface area contributed by atoms with Gasteiger partial charge in [0.15, 0.2) is 0 Å². The molecule has 0 spiro atoms. The number of amides is 2. The van der Waals surface area contributed by atoms with E-state index in [-0.39, 0.29) is 60.2 Å². The normalized spacial score (nSPS) is 11.2. The molecule has 2 aromatic rings. The minimum Gasteiger partial charge on any atom is -0.371 e. The third kappa shape index (κ3) is 8.09. The monoisotopic (exact) mass is 458 g/mol. The van der Waals surface area contributed by atoms with Crippen LogP contribution in [0.2, 0.25) is 0 Å². The lowest BCUT2D eigenvalue weighted by Crippen LogP contribution is -2.46. The topological polar surface area (TPSA) is 169 Å². The summed E-state index contributed by atoms with van der Waals surface area (Å²) in [5.74, 6) is -0.763. The molecule has 0 fully saturated rings. The minimum atomic E-state index is -0.537. The summed E-state index contributed by atoms with van der Waals surface area (Å²) in [4.78, 5) is 45.5. The Hall–Kier alpha value is -4.22. The second kappa shape index (κ2) is 12.6. The first kappa shape index (κ1) is 25.0. The Morgan fingerprint density at radius 1 is 0.848 bits per heavy atom. The van der Waals surface area contributed by atoms with E-state index in [1.54, 1.807) is 12.1 Å². The molecule has 0 aliphatic carbocycles. The van der Waals surface area contributed by atoms with E-state index in [9.17, 15) is 29.8 Å². The molecule has 1 unspecified atom stereocenters. The molecule has 176 valence electrons. The molecule has 0 bridgehead atoms. The van der Waals surface area contributed by atoms with E-state index in [2.05, 4.69) is 21.3 Å². The van der Waals surface area contributed by atoms with Crippen molar-refractivity contribution in [1.29, 1.82) is 0 Å². The third-order valence-electron chi connectivity index (χ3n) is 4.63. The van der Waals surface area contributed by atoms with Crippen molar-refractivity contribution in [3.63, 3.8) is 0 Å². The molecular formula is C21H26N6O6. The fourth-order valence-corrected chi connectivity index (χ4v) is 3.07. The maximum Gasteiger partial charge on any atom is 0.292 e.